The molecule has 1 atom stereocenters. The predicted molar refractivity (Wildman–Crippen MR) is 149 cm³/mol. The van der Waals surface area contributed by atoms with Crippen molar-refractivity contribution in [1.82, 2.24) is 25.6 Å². The first-order chi connectivity index (χ1) is 18.4. The lowest BCUT2D eigenvalue weighted by Crippen LogP contribution is -2.43. The fourth-order valence-corrected chi connectivity index (χ4v) is 5.08. The topological polar surface area (TPSA) is 113 Å². The summed E-state index contributed by atoms with van der Waals surface area (Å²) in [6.07, 6.45) is 3.32. The molecular weight excluding hydrogens is 504 g/mol. The summed E-state index contributed by atoms with van der Waals surface area (Å²) in [5, 5.41) is 10.3. The molecule has 0 saturated carbocycles. The summed E-state index contributed by atoms with van der Waals surface area (Å²) in [4.78, 5) is 24.2. The average molecular weight is 535 g/mol. The SMILES string of the molecule is CNC(=O)COc1ccc(-c2nc3ncc(Cl)c(N[C@@]4(Cc5ccccc5OC)CCNC4)c3[nH]2)cc1C. The molecule has 2 aromatic carbocycles. The number of likely N-dealkylation sites (N-methyl/N-ethyl adjacent to an activating group) is 1. The van der Waals surface area contributed by atoms with Crippen molar-refractivity contribution in [2.75, 3.05) is 39.2 Å². The summed E-state index contributed by atoms with van der Waals surface area (Å²) >= 11 is 6.71. The number of hydrogen-bond acceptors (Lipinski definition) is 7. The molecule has 10 heteroatoms. The first-order valence-electron chi connectivity index (χ1n) is 12.5. The molecule has 2 aromatic heterocycles. The average Bonchev–Trinajstić information content (AvgIpc) is 3.57. The number of aromatic nitrogens is 3. The van der Waals surface area contributed by atoms with E-state index in [0.29, 0.717) is 22.2 Å². The van der Waals surface area contributed by atoms with E-state index in [1.807, 2.05) is 43.3 Å². The van der Waals surface area contributed by atoms with Gasteiger partial charge in [0.15, 0.2) is 12.3 Å². The molecule has 38 heavy (non-hydrogen) atoms. The van der Waals surface area contributed by atoms with E-state index in [9.17, 15) is 4.79 Å². The molecule has 1 aliphatic rings. The summed E-state index contributed by atoms with van der Waals surface area (Å²) in [5.74, 6) is 1.99. The van der Waals surface area contributed by atoms with Crippen molar-refractivity contribution >= 4 is 34.4 Å². The highest BCUT2D eigenvalue weighted by Crippen LogP contribution is 2.36. The lowest BCUT2D eigenvalue weighted by atomic mass is 9.89. The van der Waals surface area contributed by atoms with E-state index in [2.05, 4.69) is 32.0 Å². The molecule has 198 valence electrons. The number of amides is 1. The van der Waals surface area contributed by atoms with Crippen LogP contribution in [0.15, 0.2) is 48.7 Å². The number of H-pyrrole nitrogens is 1. The number of anilines is 1. The number of fused-ring (bicyclic) bond motifs is 1. The zero-order chi connectivity index (χ0) is 26.7. The summed E-state index contributed by atoms with van der Waals surface area (Å²) in [6, 6.07) is 13.8. The first kappa shape index (κ1) is 25.8. The molecule has 4 N–H and O–H groups in total. The molecule has 5 rings (SSSR count). The first-order valence-corrected chi connectivity index (χ1v) is 12.9. The highest BCUT2D eigenvalue weighted by molar-refractivity contribution is 6.34. The van der Waals surface area contributed by atoms with Gasteiger partial charge in [-0.2, -0.15) is 0 Å². The number of aromatic amines is 1. The summed E-state index contributed by atoms with van der Waals surface area (Å²) in [7, 11) is 3.28. The lowest BCUT2D eigenvalue weighted by Gasteiger charge is -2.32. The molecule has 0 bridgehead atoms. The largest absolute Gasteiger partial charge is 0.496 e. The van der Waals surface area contributed by atoms with Crippen molar-refractivity contribution in [3.05, 3.63) is 64.8 Å². The van der Waals surface area contributed by atoms with Crippen LogP contribution in [0, 0.1) is 6.92 Å². The van der Waals surface area contributed by atoms with E-state index in [-0.39, 0.29) is 18.1 Å². The molecule has 4 aromatic rings. The van der Waals surface area contributed by atoms with Crippen LogP contribution in [0.4, 0.5) is 5.69 Å². The molecule has 3 heterocycles. The van der Waals surface area contributed by atoms with Crippen LogP contribution in [-0.2, 0) is 11.2 Å². The number of para-hydroxylation sites is 1. The maximum Gasteiger partial charge on any atom is 0.257 e. The number of hydrogen-bond donors (Lipinski definition) is 4. The number of rotatable bonds is 9. The van der Waals surface area contributed by atoms with Crippen molar-refractivity contribution in [2.24, 2.45) is 0 Å². The Morgan fingerprint density at radius 2 is 2.05 bits per heavy atom. The van der Waals surface area contributed by atoms with Crippen LogP contribution in [0.1, 0.15) is 17.5 Å². The monoisotopic (exact) mass is 534 g/mol. The van der Waals surface area contributed by atoms with Gasteiger partial charge in [-0.1, -0.05) is 29.8 Å². The summed E-state index contributed by atoms with van der Waals surface area (Å²) < 4.78 is 11.2. The fraction of sp³-hybridized carbons (Fsp3) is 0.321. The Hall–Kier alpha value is -3.82. The maximum atomic E-state index is 11.5. The van der Waals surface area contributed by atoms with Gasteiger partial charge in [-0.15, -0.1) is 0 Å². The minimum absolute atomic E-state index is 0.0375. The van der Waals surface area contributed by atoms with Gasteiger partial charge in [-0.25, -0.2) is 9.97 Å². The zero-order valence-electron chi connectivity index (χ0n) is 21.7. The quantitative estimate of drug-likeness (QED) is 0.255. The number of imidazole rings is 1. The number of ether oxygens (including phenoxy) is 2. The number of methoxy groups -OCH3 is 1. The Labute approximate surface area is 226 Å². The third-order valence-electron chi connectivity index (χ3n) is 6.91. The molecule has 0 unspecified atom stereocenters. The van der Waals surface area contributed by atoms with Gasteiger partial charge in [0.25, 0.3) is 5.91 Å². The molecule has 1 fully saturated rings. The van der Waals surface area contributed by atoms with Crippen LogP contribution in [0.3, 0.4) is 0 Å². The van der Waals surface area contributed by atoms with Crippen LogP contribution in [0.5, 0.6) is 11.5 Å². The van der Waals surface area contributed by atoms with Crippen molar-refractivity contribution in [3.8, 4) is 22.9 Å². The van der Waals surface area contributed by atoms with E-state index in [1.54, 1.807) is 20.4 Å². The molecule has 9 nitrogen and oxygen atoms in total. The Morgan fingerprint density at radius 3 is 2.79 bits per heavy atom. The van der Waals surface area contributed by atoms with Crippen LogP contribution in [0.2, 0.25) is 5.02 Å². The summed E-state index contributed by atoms with van der Waals surface area (Å²) in [5.41, 5.74) is 4.73. The third-order valence-corrected chi connectivity index (χ3v) is 7.20. The Morgan fingerprint density at radius 1 is 1.21 bits per heavy atom. The normalized spacial score (nSPS) is 16.9. The van der Waals surface area contributed by atoms with E-state index in [4.69, 9.17) is 26.1 Å². The van der Waals surface area contributed by atoms with Crippen LogP contribution < -0.4 is 25.4 Å². The van der Waals surface area contributed by atoms with Gasteiger partial charge in [0.05, 0.1) is 29.6 Å². The van der Waals surface area contributed by atoms with Crippen molar-refractivity contribution < 1.29 is 14.3 Å². The Balaban J connectivity index is 1.46. The van der Waals surface area contributed by atoms with E-state index in [1.165, 1.54) is 0 Å². The highest BCUT2D eigenvalue weighted by atomic mass is 35.5. The number of pyridine rings is 1. The molecule has 1 saturated heterocycles. The number of carbonyl (C=O) groups is 1. The van der Waals surface area contributed by atoms with Gasteiger partial charge < -0.3 is 30.4 Å². The van der Waals surface area contributed by atoms with Gasteiger partial charge in [-0.05, 0) is 55.3 Å². The lowest BCUT2D eigenvalue weighted by molar-refractivity contribution is -0.122. The molecule has 1 aliphatic heterocycles. The van der Waals surface area contributed by atoms with E-state index >= 15 is 0 Å². The molecule has 0 aliphatic carbocycles. The second kappa shape index (κ2) is 10.9. The predicted octanol–water partition coefficient (Wildman–Crippen LogP) is 4.11. The molecular formula is C28H31ClN6O3. The summed E-state index contributed by atoms with van der Waals surface area (Å²) in [6.45, 7) is 3.57. The fourth-order valence-electron chi connectivity index (χ4n) is 4.89. The molecule has 0 radical (unpaired) electrons. The van der Waals surface area contributed by atoms with E-state index < -0.39 is 0 Å². The molecule has 0 spiro atoms. The Kier molecular flexibility index (Phi) is 7.40. The molecule has 1 amide bonds. The second-order valence-corrected chi connectivity index (χ2v) is 9.94. The van der Waals surface area contributed by atoms with Gasteiger partial charge in [-0.3, -0.25) is 4.79 Å². The van der Waals surface area contributed by atoms with Gasteiger partial charge in [0.2, 0.25) is 0 Å². The van der Waals surface area contributed by atoms with Crippen molar-refractivity contribution in [3.63, 3.8) is 0 Å². The highest BCUT2D eigenvalue weighted by Gasteiger charge is 2.36. The van der Waals surface area contributed by atoms with Gasteiger partial charge in [0.1, 0.15) is 22.8 Å². The van der Waals surface area contributed by atoms with E-state index in [0.717, 1.165) is 59.6 Å². The van der Waals surface area contributed by atoms with Gasteiger partial charge in [0, 0.05) is 25.6 Å². The van der Waals surface area contributed by atoms with Crippen LogP contribution >= 0.6 is 11.6 Å². The second-order valence-electron chi connectivity index (χ2n) is 9.53. The third kappa shape index (κ3) is 5.25. The number of aryl methyl sites for hydroxylation is 1. The smallest absolute Gasteiger partial charge is 0.257 e. The Bertz CT molecular complexity index is 1460. The van der Waals surface area contributed by atoms with Gasteiger partial charge >= 0.3 is 0 Å². The number of carbonyl (C=O) groups excluding carboxylic acids is 1. The minimum atomic E-state index is -0.266. The number of halogens is 1. The van der Waals surface area contributed by atoms with Crippen molar-refractivity contribution in [2.45, 2.75) is 25.3 Å². The van der Waals surface area contributed by atoms with Crippen LogP contribution in [-0.4, -0.2) is 60.3 Å². The van der Waals surface area contributed by atoms with Crippen molar-refractivity contribution in [1.29, 1.82) is 0 Å². The zero-order valence-corrected chi connectivity index (χ0v) is 22.4. The number of nitrogens with zero attached hydrogens (tertiary/aromatic N) is 2. The standard InChI is InChI=1S/C28H31ClN6O3/c1-17-12-18(8-9-21(17)38-15-23(36)30-2)26-33-25-24(20(29)14-32-27(25)34-26)35-28(10-11-31-16-28)13-19-6-4-5-7-22(19)37-3/h4-9,12,14,31H,10-11,13,15-16H2,1-3H3,(H,30,36)(H2,32,33,34,35)/t28-/m1/s1. The number of nitrogens with one attached hydrogen (secondary N) is 4. The van der Waals surface area contributed by atoms with Crippen LogP contribution in [0.25, 0.3) is 22.6 Å². The number of benzene rings is 2. The maximum absolute atomic E-state index is 11.5. The minimum Gasteiger partial charge on any atom is -0.496 e.